The van der Waals surface area contributed by atoms with Gasteiger partial charge in [0, 0.05) is 10.9 Å². The van der Waals surface area contributed by atoms with E-state index in [9.17, 15) is 35.8 Å². The van der Waals surface area contributed by atoms with Gasteiger partial charge in [0.15, 0.2) is 5.92 Å². The first-order valence-electron chi connectivity index (χ1n) is 5.18. The van der Waals surface area contributed by atoms with Crippen molar-refractivity contribution in [3.05, 3.63) is 34.1 Å². The Morgan fingerprint density at radius 2 is 1.55 bits per heavy atom. The van der Waals surface area contributed by atoms with Gasteiger partial charge < -0.3 is 5.11 Å². The molecule has 0 amide bonds. The molecule has 1 aromatic carbocycles. The molecule has 20 heavy (non-hydrogen) atoms. The highest BCUT2D eigenvalue weighted by Crippen LogP contribution is 2.42. The number of hydrogen-bond donors (Lipinski definition) is 1. The molecule has 0 saturated carbocycles. The van der Waals surface area contributed by atoms with Crippen molar-refractivity contribution < 1.29 is 35.8 Å². The van der Waals surface area contributed by atoms with Crippen molar-refractivity contribution in [3.63, 3.8) is 0 Å². The van der Waals surface area contributed by atoms with Crippen molar-refractivity contribution in [2.24, 2.45) is 5.92 Å². The number of alkyl halides is 6. The molecule has 0 saturated heterocycles. The Hall–Kier alpha value is -0.830. The van der Waals surface area contributed by atoms with Crippen LogP contribution < -0.4 is 0 Å². The zero-order valence-corrected chi connectivity index (χ0v) is 11.2. The third-order valence-corrected chi connectivity index (χ3v) is 3.03. The standard InChI is InChI=1S/C11H8BrF7O/c12-6-2-1-5(7(13)4-6)3-8(20)9(10(14,15)16)11(17,18)19/h1-2,4,8-9,20H,3H2. The Morgan fingerprint density at radius 3 is 1.95 bits per heavy atom. The van der Waals surface area contributed by atoms with Crippen molar-refractivity contribution in [1.82, 2.24) is 0 Å². The van der Waals surface area contributed by atoms with Crippen LogP contribution in [-0.4, -0.2) is 23.6 Å². The SMILES string of the molecule is OC(Cc1ccc(Br)cc1F)C(C(F)(F)F)C(F)(F)F. The Bertz CT molecular complexity index is 455. The minimum Gasteiger partial charge on any atom is -0.392 e. The molecule has 1 N–H and O–H groups in total. The normalized spacial score (nSPS) is 14.7. The fourth-order valence-electron chi connectivity index (χ4n) is 1.65. The van der Waals surface area contributed by atoms with Gasteiger partial charge >= 0.3 is 12.4 Å². The monoisotopic (exact) mass is 368 g/mol. The highest BCUT2D eigenvalue weighted by Gasteiger charge is 2.60. The number of benzene rings is 1. The molecule has 1 unspecified atom stereocenters. The maximum Gasteiger partial charge on any atom is 0.403 e. The number of hydrogen-bond acceptors (Lipinski definition) is 1. The summed E-state index contributed by atoms with van der Waals surface area (Å²) in [6.45, 7) is 0. The number of aliphatic hydroxyl groups excluding tert-OH is 1. The first kappa shape index (κ1) is 17.2. The zero-order chi connectivity index (χ0) is 15.7. The van der Waals surface area contributed by atoms with Crippen molar-refractivity contribution in [1.29, 1.82) is 0 Å². The minimum atomic E-state index is -5.66. The van der Waals surface area contributed by atoms with Gasteiger partial charge in [-0.25, -0.2) is 4.39 Å². The van der Waals surface area contributed by atoms with E-state index < -0.39 is 42.2 Å². The molecule has 0 spiro atoms. The lowest BCUT2D eigenvalue weighted by Crippen LogP contribution is -2.45. The summed E-state index contributed by atoms with van der Waals surface area (Å²) in [7, 11) is 0. The largest absolute Gasteiger partial charge is 0.403 e. The summed E-state index contributed by atoms with van der Waals surface area (Å²) in [6, 6.07) is 3.14. The van der Waals surface area contributed by atoms with Gasteiger partial charge in [0.2, 0.25) is 0 Å². The fourth-order valence-corrected chi connectivity index (χ4v) is 1.99. The highest BCUT2D eigenvalue weighted by atomic mass is 79.9. The summed E-state index contributed by atoms with van der Waals surface area (Å²) in [5.74, 6) is -4.92. The quantitative estimate of drug-likeness (QED) is 0.791. The van der Waals surface area contributed by atoms with Gasteiger partial charge in [-0.3, -0.25) is 0 Å². The van der Waals surface area contributed by atoms with Gasteiger partial charge in [-0.05, 0) is 17.7 Å². The van der Waals surface area contributed by atoms with E-state index >= 15 is 0 Å². The molecule has 1 aromatic rings. The van der Waals surface area contributed by atoms with Crippen LogP contribution in [-0.2, 0) is 6.42 Å². The van der Waals surface area contributed by atoms with Crippen LogP contribution in [0.15, 0.2) is 22.7 Å². The van der Waals surface area contributed by atoms with E-state index in [0.717, 1.165) is 12.1 Å². The van der Waals surface area contributed by atoms with E-state index in [1.807, 2.05) is 0 Å². The second-order valence-corrected chi connectivity index (χ2v) is 4.98. The maximum absolute atomic E-state index is 13.4. The topological polar surface area (TPSA) is 20.2 Å². The zero-order valence-electron chi connectivity index (χ0n) is 9.56. The number of aliphatic hydroxyl groups is 1. The smallest absolute Gasteiger partial charge is 0.392 e. The predicted molar refractivity (Wildman–Crippen MR) is 59.4 cm³/mol. The van der Waals surface area contributed by atoms with Gasteiger partial charge in [0.25, 0.3) is 0 Å². The Balaban J connectivity index is 3.00. The second kappa shape index (κ2) is 5.88. The Labute approximate surface area is 117 Å². The van der Waals surface area contributed by atoms with Crippen molar-refractivity contribution >= 4 is 15.9 Å². The molecule has 0 aliphatic carbocycles. The van der Waals surface area contributed by atoms with Gasteiger partial charge in [-0.15, -0.1) is 0 Å². The van der Waals surface area contributed by atoms with E-state index in [1.54, 1.807) is 0 Å². The molecule has 1 atom stereocenters. The predicted octanol–water partition coefficient (Wildman–Crippen LogP) is 4.23. The third kappa shape index (κ3) is 4.34. The summed E-state index contributed by atoms with van der Waals surface area (Å²) in [5, 5.41) is 9.21. The minimum absolute atomic E-state index is 0.274. The van der Waals surface area contributed by atoms with Crippen LogP contribution in [0.25, 0.3) is 0 Å². The third-order valence-electron chi connectivity index (χ3n) is 2.53. The van der Waals surface area contributed by atoms with E-state index in [-0.39, 0.29) is 4.47 Å². The molecule has 9 heteroatoms. The summed E-state index contributed by atoms with van der Waals surface area (Å²) >= 11 is 2.89. The molecule has 0 heterocycles. The molecule has 0 aliphatic heterocycles. The average molecular weight is 369 g/mol. The second-order valence-electron chi connectivity index (χ2n) is 4.07. The van der Waals surface area contributed by atoms with E-state index in [0.29, 0.717) is 0 Å². The first-order chi connectivity index (χ1) is 8.93. The van der Waals surface area contributed by atoms with Crippen LogP contribution in [0.3, 0.4) is 0 Å². The fraction of sp³-hybridized carbons (Fsp3) is 0.455. The van der Waals surface area contributed by atoms with E-state index in [2.05, 4.69) is 15.9 Å². The number of halogens is 8. The summed E-state index contributed by atoms with van der Waals surface area (Å²) in [6.07, 6.45) is -15.2. The molecular weight excluding hydrogens is 361 g/mol. The van der Waals surface area contributed by atoms with Crippen LogP contribution in [0.2, 0.25) is 0 Å². The molecule has 0 bridgehead atoms. The van der Waals surface area contributed by atoms with E-state index in [1.165, 1.54) is 6.07 Å². The summed E-state index contributed by atoms with van der Waals surface area (Å²) in [5.41, 5.74) is -0.431. The Morgan fingerprint density at radius 1 is 1.05 bits per heavy atom. The number of rotatable bonds is 3. The average Bonchev–Trinajstić information content (AvgIpc) is 2.17. The molecule has 114 valence electrons. The lowest BCUT2D eigenvalue weighted by Gasteiger charge is -2.27. The molecule has 0 radical (unpaired) electrons. The summed E-state index contributed by atoms with van der Waals surface area (Å²) in [4.78, 5) is 0. The van der Waals surface area contributed by atoms with E-state index in [4.69, 9.17) is 0 Å². The van der Waals surface area contributed by atoms with Crippen molar-refractivity contribution in [2.75, 3.05) is 0 Å². The van der Waals surface area contributed by atoms with Gasteiger partial charge in [-0.1, -0.05) is 22.0 Å². The molecule has 1 nitrogen and oxygen atoms in total. The van der Waals surface area contributed by atoms with Crippen LogP contribution in [0.5, 0.6) is 0 Å². The Kier molecular flexibility index (Phi) is 5.07. The van der Waals surface area contributed by atoms with Crippen molar-refractivity contribution in [3.8, 4) is 0 Å². The van der Waals surface area contributed by atoms with Crippen LogP contribution in [0.1, 0.15) is 5.56 Å². The highest BCUT2D eigenvalue weighted by molar-refractivity contribution is 9.10. The van der Waals surface area contributed by atoms with Crippen LogP contribution in [0, 0.1) is 11.7 Å². The lowest BCUT2D eigenvalue weighted by atomic mass is 9.94. The van der Waals surface area contributed by atoms with Gasteiger partial charge in [0.05, 0.1) is 6.10 Å². The molecular formula is C11H8BrF7O. The first-order valence-corrected chi connectivity index (χ1v) is 5.97. The molecule has 0 aromatic heterocycles. The maximum atomic E-state index is 13.4. The van der Waals surface area contributed by atoms with Gasteiger partial charge in [0.1, 0.15) is 5.82 Å². The van der Waals surface area contributed by atoms with Crippen LogP contribution in [0.4, 0.5) is 30.7 Å². The van der Waals surface area contributed by atoms with Gasteiger partial charge in [-0.2, -0.15) is 26.3 Å². The summed E-state index contributed by atoms with van der Waals surface area (Å²) < 4.78 is 87.8. The molecule has 1 rings (SSSR count). The van der Waals surface area contributed by atoms with Crippen molar-refractivity contribution in [2.45, 2.75) is 24.9 Å². The molecule has 0 aliphatic rings. The molecule has 0 fully saturated rings. The lowest BCUT2D eigenvalue weighted by molar-refractivity contribution is -0.305. The van der Waals surface area contributed by atoms with Crippen LogP contribution >= 0.6 is 15.9 Å².